The van der Waals surface area contributed by atoms with Gasteiger partial charge < -0.3 is 5.73 Å². The molecule has 2 aromatic rings. The first-order valence-corrected chi connectivity index (χ1v) is 6.54. The number of hydrogen-bond donors (Lipinski definition) is 1. The minimum Gasteiger partial charge on any atom is -0.321 e. The van der Waals surface area contributed by atoms with Crippen molar-refractivity contribution in [2.45, 2.75) is 6.04 Å². The number of allylic oxidation sites excluding steroid dienone is 2. The van der Waals surface area contributed by atoms with Gasteiger partial charge in [-0.15, -0.1) is 0 Å². The molecule has 0 spiro atoms. The lowest BCUT2D eigenvalue weighted by atomic mass is 10.1. The normalized spacial score (nSPS) is 13.2. The molecule has 96 valence electrons. The van der Waals surface area contributed by atoms with Crippen molar-refractivity contribution >= 4 is 17.7 Å². The van der Waals surface area contributed by atoms with Gasteiger partial charge in [-0.05, 0) is 23.3 Å². The molecule has 0 saturated carbocycles. The Kier molecular flexibility index (Phi) is 4.96. The average molecular weight is 270 g/mol. The Morgan fingerprint density at radius 1 is 0.895 bits per heavy atom. The summed E-state index contributed by atoms with van der Waals surface area (Å²) in [6, 6.07) is 17.6. The Bertz CT molecular complexity index is 556. The van der Waals surface area contributed by atoms with Crippen molar-refractivity contribution in [3.05, 3.63) is 89.0 Å². The quantitative estimate of drug-likeness (QED) is 0.806. The van der Waals surface area contributed by atoms with Crippen LogP contribution in [0, 0.1) is 0 Å². The van der Waals surface area contributed by atoms with E-state index in [1.807, 2.05) is 66.8 Å². The molecule has 0 aliphatic rings. The summed E-state index contributed by atoms with van der Waals surface area (Å²) in [5.41, 5.74) is 8.28. The molecule has 0 aliphatic carbocycles. The zero-order valence-corrected chi connectivity index (χ0v) is 11.3. The molecule has 2 rings (SSSR count). The smallest absolute Gasteiger partial charge is 0.0484 e. The molecule has 0 aromatic heterocycles. The molecule has 2 N–H and O–H groups in total. The molecular formula is C17H16ClN. The molecular weight excluding hydrogens is 254 g/mol. The maximum atomic E-state index is 6.06. The third-order valence-corrected chi connectivity index (χ3v) is 3.02. The third-order valence-electron chi connectivity index (χ3n) is 2.77. The SMILES string of the molecule is NC(/C=C/C=C/c1ccccc1)c1ccc(Cl)cc1. The first-order chi connectivity index (χ1) is 9.25. The van der Waals surface area contributed by atoms with E-state index in [-0.39, 0.29) is 6.04 Å². The molecule has 1 atom stereocenters. The van der Waals surface area contributed by atoms with Gasteiger partial charge in [0.1, 0.15) is 0 Å². The molecule has 19 heavy (non-hydrogen) atoms. The van der Waals surface area contributed by atoms with E-state index in [0.717, 1.165) is 10.6 Å². The fourth-order valence-corrected chi connectivity index (χ4v) is 1.84. The van der Waals surface area contributed by atoms with Gasteiger partial charge in [0.2, 0.25) is 0 Å². The van der Waals surface area contributed by atoms with Crippen LogP contribution in [0.3, 0.4) is 0 Å². The van der Waals surface area contributed by atoms with E-state index < -0.39 is 0 Å². The molecule has 2 heteroatoms. The number of hydrogen-bond acceptors (Lipinski definition) is 1. The summed E-state index contributed by atoms with van der Waals surface area (Å²) in [4.78, 5) is 0. The zero-order valence-electron chi connectivity index (χ0n) is 10.5. The van der Waals surface area contributed by atoms with Crippen LogP contribution in [0.4, 0.5) is 0 Å². The highest BCUT2D eigenvalue weighted by atomic mass is 35.5. The van der Waals surface area contributed by atoms with E-state index in [4.69, 9.17) is 17.3 Å². The van der Waals surface area contributed by atoms with Gasteiger partial charge in [-0.25, -0.2) is 0 Å². The van der Waals surface area contributed by atoms with Crippen molar-refractivity contribution in [1.29, 1.82) is 0 Å². The topological polar surface area (TPSA) is 26.0 Å². The summed E-state index contributed by atoms with van der Waals surface area (Å²) in [6.07, 6.45) is 7.96. The molecule has 0 fully saturated rings. The van der Waals surface area contributed by atoms with Gasteiger partial charge in [-0.1, -0.05) is 78.4 Å². The minimum atomic E-state index is -0.113. The first-order valence-electron chi connectivity index (χ1n) is 6.17. The van der Waals surface area contributed by atoms with E-state index in [0.29, 0.717) is 0 Å². The molecule has 0 bridgehead atoms. The molecule has 0 radical (unpaired) electrons. The van der Waals surface area contributed by atoms with E-state index in [2.05, 4.69) is 12.1 Å². The maximum Gasteiger partial charge on any atom is 0.0484 e. The van der Waals surface area contributed by atoms with Crippen molar-refractivity contribution < 1.29 is 0 Å². The average Bonchev–Trinajstić information content (AvgIpc) is 2.45. The van der Waals surface area contributed by atoms with Crippen LogP contribution in [0.25, 0.3) is 6.08 Å². The molecule has 0 amide bonds. The number of benzene rings is 2. The fraction of sp³-hybridized carbons (Fsp3) is 0.0588. The Balaban J connectivity index is 1.95. The Morgan fingerprint density at radius 2 is 1.58 bits per heavy atom. The summed E-state index contributed by atoms with van der Waals surface area (Å²) in [6.45, 7) is 0. The second-order valence-corrected chi connectivity index (χ2v) is 4.67. The third kappa shape index (κ3) is 4.40. The first kappa shape index (κ1) is 13.6. The number of halogens is 1. The zero-order chi connectivity index (χ0) is 13.5. The molecule has 1 nitrogen and oxygen atoms in total. The fourth-order valence-electron chi connectivity index (χ4n) is 1.71. The predicted octanol–water partition coefficient (Wildman–Crippen LogP) is 4.61. The second-order valence-electron chi connectivity index (χ2n) is 4.23. The molecule has 1 unspecified atom stereocenters. The minimum absolute atomic E-state index is 0.113. The van der Waals surface area contributed by atoms with Crippen LogP contribution < -0.4 is 5.73 Å². The van der Waals surface area contributed by atoms with Crippen molar-refractivity contribution in [3.8, 4) is 0 Å². The Morgan fingerprint density at radius 3 is 2.26 bits per heavy atom. The molecule has 0 aliphatic heterocycles. The summed E-state index contributed by atoms with van der Waals surface area (Å²) < 4.78 is 0. The van der Waals surface area contributed by atoms with Crippen molar-refractivity contribution in [1.82, 2.24) is 0 Å². The Hall–Kier alpha value is -1.83. The maximum absolute atomic E-state index is 6.06. The Labute approximate surface area is 119 Å². The van der Waals surface area contributed by atoms with Gasteiger partial charge in [0.15, 0.2) is 0 Å². The molecule has 0 heterocycles. The van der Waals surface area contributed by atoms with E-state index in [1.165, 1.54) is 5.56 Å². The lowest BCUT2D eigenvalue weighted by Crippen LogP contribution is -2.06. The van der Waals surface area contributed by atoms with Crippen LogP contribution in [0.5, 0.6) is 0 Å². The van der Waals surface area contributed by atoms with Crippen LogP contribution in [-0.4, -0.2) is 0 Å². The monoisotopic (exact) mass is 269 g/mol. The van der Waals surface area contributed by atoms with Crippen LogP contribution in [0.15, 0.2) is 72.8 Å². The highest BCUT2D eigenvalue weighted by Gasteiger charge is 1.99. The van der Waals surface area contributed by atoms with Gasteiger partial charge in [0.05, 0.1) is 0 Å². The molecule has 0 saturated heterocycles. The standard InChI is InChI=1S/C17H16ClN/c18-16-12-10-15(11-13-16)17(19)9-5-4-8-14-6-2-1-3-7-14/h1-13,17H,19H2/b8-4+,9-5+. The molecule has 2 aromatic carbocycles. The number of rotatable bonds is 4. The van der Waals surface area contributed by atoms with E-state index in [1.54, 1.807) is 0 Å². The highest BCUT2D eigenvalue weighted by molar-refractivity contribution is 6.30. The van der Waals surface area contributed by atoms with E-state index in [9.17, 15) is 0 Å². The van der Waals surface area contributed by atoms with Gasteiger partial charge in [0.25, 0.3) is 0 Å². The summed E-state index contributed by atoms with van der Waals surface area (Å²) >= 11 is 5.84. The lowest BCUT2D eigenvalue weighted by Gasteiger charge is -2.05. The van der Waals surface area contributed by atoms with Crippen LogP contribution in [0.1, 0.15) is 17.2 Å². The van der Waals surface area contributed by atoms with Crippen LogP contribution in [0.2, 0.25) is 5.02 Å². The van der Waals surface area contributed by atoms with Crippen molar-refractivity contribution in [2.24, 2.45) is 5.73 Å². The predicted molar refractivity (Wildman–Crippen MR) is 83.0 cm³/mol. The number of nitrogens with two attached hydrogens (primary N) is 1. The largest absolute Gasteiger partial charge is 0.321 e. The summed E-state index contributed by atoms with van der Waals surface area (Å²) in [5.74, 6) is 0. The van der Waals surface area contributed by atoms with E-state index >= 15 is 0 Å². The summed E-state index contributed by atoms with van der Waals surface area (Å²) in [5, 5.41) is 0.726. The second kappa shape index (κ2) is 6.93. The lowest BCUT2D eigenvalue weighted by molar-refractivity contribution is 0.912. The van der Waals surface area contributed by atoms with Crippen LogP contribution in [-0.2, 0) is 0 Å². The highest BCUT2D eigenvalue weighted by Crippen LogP contribution is 2.15. The van der Waals surface area contributed by atoms with Gasteiger partial charge >= 0.3 is 0 Å². The van der Waals surface area contributed by atoms with Gasteiger partial charge in [0, 0.05) is 11.1 Å². The van der Waals surface area contributed by atoms with Crippen molar-refractivity contribution in [2.75, 3.05) is 0 Å². The van der Waals surface area contributed by atoms with Gasteiger partial charge in [-0.2, -0.15) is 0 Å². The van der Waals surface area contributed by atoms with Crippen molar-refractivity contribution in [3.63, 3.8) is 0 Å². The van der Waals surface area contributed by atoms with Crippen LogP contribution >= 0.6 is 11.6 Å². The van der Waals surface area contributed by atoms with Gasteiger partial charge in [-0.3, -0.25) is 0 Å². The summed E-state index contributed by atoms with van der Waals surface area (Å²) in [7, 11) is 0.